The highest BCUT2D eigenvalue weighted by molar-refractivity contribution is 6.36. The molecule has 2 aromatic carbocycles. The van der Waals surface area contributed by atoms with Gasteiger partial charge in [0.15, 0.2) is 6.61 Å². The number of hydrogen-bond donors (Lipinski definition) is 1. The summed E-state index contributed by atoms with van der Waals surface area (Å²) >= 11 is 11.7. The molecule has 6 heteroatoms. The number of ether oxygens (including phenoxy) is 1. The smallest absolute Gasteiger partial charge is 0.340 e. The topological polar surface area (TPSA) is 55.4 Å². The van der Waals surface area contributed by atoms with Gasteiger partial charge < -0.3 is 10.1 Å². The normalized spacial score (nSPS) is 10.2. The molecule has 0 aromatic heterocycles. The molecule has 2 rings (SSSR count). The second-order valence-corrected chi connectivity index (χ2v) is 5.63. The predicted octanol–water partition coefficient (Wildman–Crippen LogP) is 3.51. The van der Waals surface area contributed by atoms with Gasteiger partial charge in [0.1, 0.15) is 0 Å². The van der Waals surface area contributed by atoms with Crippen LogP contribution in [0.1, 0.15) is 15.9 Å². The largest absolute Gasteiger partial charge is 0.452 e. The summed E-state index contributed by atoms with van der Waals surface area (Å²) in [6, 6.07) is 14.2. The van der Waals surface area contributed by atoms with Crippen LogP contribution in [0, 0.1) is 0 Å². The van der Waals surface area contributed by atoms with Crippen molar-refractivity contribution in [2.24, 2.45) is 0 Å². The molecule has 0 aliphatic carbocycles. The maximum atomic E-state index is 11.8. The van der Waals surface area contributed by atoms with Crippen LogP contribution < -0.4 is 5.32 Å². The summed E-state index contributed by atoms with van der Waals surface area (Å²) in [5.74, 6) is -1.02. The third kappa shape index (κ3) is 5.58. The van der Waals surface area contributed by atoms with Crippen molar-refractivity contribution in [3.8, 4) is 0 Å². The molecule has 0 saturated carbocycles. The van der Waals surface area contributed by atoms with E-state index in [-0.39, 0.29) is 23.1 Å². The fraction of sp³-hybridized carbons (Fsp3) is 0.176. The fourth-order valence-corrected chi connectivity index (χ4v) is 2.39. The first-order valence-electron chi connectivity index (χ1n) is 6.99. The van der Waals surface area contributed by atoms with Gasteiger partial charge in [0.05, 0.1) is 10.6 Å². The maximum absolute atomic E-state index is 11.8. The zero-order valence-corrected chi connectivity index (χ0v) is 13.7. The number of rotatable bonds is 6. The standard InChI is InChI=1S/C17H15Cl2NO3/c18-13-6-7-14(15(19)10-13)17(22)23-11-16(21)20-9-8-12-4-2-1-3-5-12/h1-7,10H,8-9,11H2,(H,20,21). The molecule has 0 spiro atoms. The van der Waals surface area contributed by atoms with E-state index in [9.17, 15) is 9.59 Å². The van der Waals surface area contributed by atoms with E-state index in [1.165, 1.54) is 18.2 Å². The number of carbonyl (C=O) groups excluding carboxylic acids is 2. The first-order valence-corrected chi connectivity index (χ1v) is 7.74. The molecular formula is C17H15Cl2NO3. The Morgan fingerprint density at radius 3 is 2.48 bits per heavy atom. The van der Waals surface area contributed by atoms with Gasteiger partial charge >= 0.3 is 5.97 Å². The summed E-state index contributed by atoms with van der Waals surface area (Å²) in [6.45, 7) is 0.120. The summed E-state index contributed by atoms with van der Waals surface area (Å²) < 4.78 is 4.93. The average molecular weight is 352 g/mol. The van der Waals surface area contributed by atoms with E-state index in [0.717, 1.165) is 5.56 Å². The highest BCUT2D eigenvalue weighted by atomic mass is 35.5. The summed E-state index contributed by atoms with van der Waals surface area (Å²) in [4.78, 5) is 23.5. The Hall–Kier alpha value is -2.04. The molecule has 0 radical (unpaired) electrons. The Kier molecular flexibility index (Phi) is 6.44. The van der Waals surface area contributed by atoms with Gasteiger partial charge in [-0.15, -0.1) is 0 Å². The average Bonchev–Trinajstić information content (AvgIpc) is 2.53. The maximum Gasteiger partial charge on any atom is 0.340 e. The zero-order valence-electron chi connectivity index (χ0n) is 12.2. The van der Waals surface area contributed by atoms with Crippen LogP contribution in [0.5, 0.6) is 0 Å². The number of nitrogens with one attached hydrogen (secondary N) is 1. The van der Waals surface area contributed by atoms with E-state index in [4.69, 9.17) is 27.9 Å². The van der Waals surface area contributed by atoms with Crippen molar-refractivity contribution in [1.29, 1.82) is 0 Å². The number of benzene rings is 2. The van der Waals surface area contributed by atoms with Crippen molar-refractivity contribution >= 4 is 35.1 Å². The molecule has 0 bridgehead atoms. The Morgan fingerprint density at radius 1 is 1.04 bits per heavy atom. The first-order chi connectivity index (χ1) is 11.1. The van der Waals surface area contributed by atoms with Gasteiger partial charge in [0, 0.05) is 11.6 Å². The van der Waals surface area contributed by atoms with Gasteiger partial charge in [-0.05, 0) is 30.2 Å². The van der Waals surface area contributed by atoms with Gasteiger partial charge in [-0.1, -0.05) is 53.5 Å². The van der Waals surface area contributed by atoms with Crippen LogP contribution in [0.15, 0.2) is 48.5 Å². The summed E-state index contributed by atoms with van der Waals surface area (Å²) in [5.41, 5.74) is 1.30. The van der Waals surface area contributed by atoms with Crippen molar-refractivity contribution < 1.29 is 14.3 Å². The van der Waals surface area contributed by atoms with Crippen LogP contribution in [-0.4, -0.2) is 25.0 Å². The third-order valence-corrected chi connectivity index (χ3v) is 3.61. The van der Waals surface area contributed by atoms with Gasteiger partial charge in [-0.3, -0.25) is 4.79 Å². The van der Waals surface area contributed by atoms with Crippen molar-refractivity contribution in [2.45, 2.75) is 6.42 Å². The number of halogens is 2. The summed E-state index contributed by atoms with van der Waals surface area (Å²) in [6.07, 6.45) is 0.712. The highest BCUT2D eigenvalue weighted by Crippen LogP contribution is 2.21. The van der Waals surface area contributed by atoms with E-state index in [2.05, 4.69) is 5.32 Å². The SMILES string of the molecule is O=C(COC(=O)c1ccc(Cl)cc1Cl)NCCc1ccccc1. The molecule has 0 heterocycles. The molecule has 0 aliphatic heterocycles. The molecule has 1 amide bonds. The quantitative estimate of drug-likeness (QED) is 0.810. The molecule has 0 saturated heterocycles. The van der Waals surface area contributed by atoms with Crippen LogP contribution in [0.3, 0.4) is 0 Å². The lowest BCUT2D eigenvalue weighted by molar-refractivity contribution is -0.124. The van der Waals surface area contributed by atoms with Crippen molar-refractivity contribution in [1.82, 2.24) is 5.32 Å². The van der Waals surface area contributed by atoms with Crippen molar-refractivity contribution in [3.63, 3.8) is 0 Å². The second-order valence-electron chi connectivity index (χ2n) is 4.79. The Morgan fingerprint density at radius 2 is 1.78 bits per heavy atom. The molecule has 0 unspecified atom stereocenters. The molecule has 2 aromatic rings. The molecule has 120 valence electrons. The number of amides is 1. The summed E-state index contributed by atoms with van der Waals surface area (Å²) in [5, 5.41) is 3.30. The molecule has 23 heavy (non-hydrogen) atoms. The number of esters is 1. The fourth-order valence-electron chi connectivity index (χ4n) is 1.91. The molecule has 4 nitrogen and oxygen atoms in total. The van der Waals surface area contributed by atoms with Crippen molar-refractivity contribution in [2.75, 3.05) is 13.2 Å². The monoisotopic (exact) mass is 351 g/mol. The van der Waals surface area contributed by atoms with E-state index in [0.29, 0.717) is 18.0 Å². The van der Waals surface area contributed by atoms with Crippen LogP contribution in [-0.2, 0) is 16.0 Å². The molecular weight excluding hydrogens is 337 g/mol. The Bertz CT molecular complexity index is 689. The molecule has 0 fully saturated rings. The van der Waals surface area contributed by atoms with Gasteiger partial charge in [-0.2, -0.15) is 0 Å². The summed E-state index contributed by atoms with van der Waals surface area (Å²) in [7, 11) is 0. The molecule has 0 aliphatic rings. The van der Waals surface area contributed by atoms with E-state index >= 15 is 0 Å². The van der Waals surface area contributed by atoms with Crippen LogP contribution in [0.2, 0.25) is 10.0 Å². The minimum absolute atomic E-state index is 0.174. The van der Waals surface area contributed by atoms with Gasteiger partial charge in [0.2, 0.25) is 0 Å². The minimum atomic E-state index is -0.662. The van der Waals surface area contributed by atoms with E-state index < -0.39 is 5.97 Å². The number of carbonyl (C=O) groups is 2. The first kappa shape index (κ1) is 17.3. The van der Waals surface area contributed by atoms with E-state index in [1.54, 1.807) is 0 Å². The molecule has 1 N–H and O–H groups in total. The lowest BCUT2D eigenvalue weighted by atomic mass is 10.1. The van der Waals surface area contributed by atoms with Crippen LogP contribution in [0.25, 0.3) is 0 Å². The third-order valence-electron chi connectivity index (χ3n) is 3.06. The second kappa shape index (κ2) is 8.56. The number of hydrogen-bond acceptors (Lipinski definition) is 3. The Labute approximate surface area is 144 Å². The zero-order chi connectivity index (χ0) is 16.7. The van der Waals surface area contributed by atoms with Gasteiger partial charge in [-0.25, -0.2) is 4.79 Å². The van der Waals surface area contributed by atoms with Crippen LogP contribution in [0.4, 0.5) is 0 Å². The lowest BCUT2D eigenvalue weighted by Gasteiger charge is -2.08. The predicted molar refractivity (Wildman–Crippen MR) is 89.9 cm³/mol. The molecule has 0 atom stereocenters. The van der Waals surface area contributed by atoms with Crippen LogP contribution >= 0.6 is 23.2 Å². The van der Waals surface area contributed by atoms with Crippen molar-refractivity contribution in [3.05, 3.63) is 69.7 Å². The highest BCUT2D eigenvalue weighted by Gasteiger charge is 2.13. The Balaban J connectivity index is 1.74. The van der Waals surface area contributed by atoms with E-state index in [1.807, 2.05) is 30.3 Å². The lowest BCUT2D eigenvalue weighted by Crippen LogP contribution is -2.30. The minimum Gasteiger partial charge on any atom is -0.452 e. The van der Waals surface area contributed by atoms with Gasteiger partial charge in [0.25, 0.3) is 5.91 Å².